The molecule has 0 aliphatic carbocycles. The predicted molar refractivity (Wildman–Crippen MR) is 47.4 cm³/mol. The molecule has 0 saturated carbocycles. The molecule has 2 rings (SSSR count). The lowest BCUT2D eigenvalue weighted by atomic mass is 9.98. The van der Waals surface area contributed by atoms with E-state index < -0.39 is 0 Å². The SMILES string of the molecule is CCCC[C@@H]1OC(=O)[C@@H]2CC(=O)O[C@H]12. The van der Waals surface area contributed by atoms with Crippen LogP contribution in [0.25, 0.3) is 0 Å². The van der Waals surface area contributed by atoms with Crippen molar-refractivity contribution >= 4 is 11.9 Å². The molecule has 2 aliphatic rings. The second-order valence-corrected chi connectivity index (χ2v) is 3.88. The van der Waals surface area contributed by atoms with E-state index in [1.807, 2.05) is 0 Å². The van der Waals surface area contributed by atoms with Crippen LogP contribution in [0.1, 0.15) is 32.6 Å². The zero-order valence-electron chi connectivity index (χ0n) is 8.19. The predicted octanol–water partition coefficient (Wildman–Crippen LogP) is 1.03. The lowest BCUT2D eigenvalue weighted by Crippen LogP contribution is -2.24. The summed E-state index contributed by atoms with van der Waals surface area (Å²) in [6, 6.07) is 0. The Hall–Kier alpha value is -1.06. The van der Waals surface area contributed by atoms with Crippen LogP contribution in [0.5, 0.6) is 0 Å². The summed E-state index contributed by atoms with van der Waals surface area (Å²) < 4.78 is 10.2. The number of fused-ring (bicyclic) bond motifs is 1. The number of esters is 2. The summed E-state index contributed by atoms with van der Waals surface area (Å²) in [5, 5.41) is 0. The molecular formula is C10H14O4. The zero-order valence-corrected chi connectivity index (χ0v) is 8.19. The van der Waals surface area contributed by atoms with Gasteiger partial charge in [-0.2, -0.15) is 0 Å². The van der Waals surface area contributed by atoms with E-state index >= 15 is 0 Å². The van der Waals surface area contributed by atoms with Gasteiger partial charge in [0.15, 0.2) is 6.10 Å². The van der Waals surface area contributed by atoms with Gasteiger partial charge in [-0.3, -0.25) is 9.59 Å². The van der Waals surface area contributed by atoms with Gasteiger partial charge in [0.25, 0.3) is 0 Å². The van der Waals surface area contributed by atoms with Gasteiger partial charge in [-0.15, -0.1) is 0 Å². The molecule has 2 fully saturated rings. The first-order chi connectivity index (χ1) is 6.72. The summed E-state index contributed by atoms with van der Waals surface area (Å²) >= 11 is 0. The van der Waals surface area contributed by atoms with Crippen molar-refractivity contribution in [3.8, 4) is 0 Å². The van der Waals surface area contributed by atoms with E-state index in [1.165, 1.54) is 0 Å². The third-order valence-corrected chi connectivity index (χ3v) is 2.83. The highest BCUT2D eigenvalue weighted by molar-refractivity contribution is 5.85. The summed E-state index contributed by atoms with van der Waals surface area (Å²) in [7, 11) is 0. The molecule has 0 amide bonds. The van der Waals surface area contributed by atoms with Crippen molar-refractivity contribution in [2.75, 3.05) is 0 Å². The Morgan fingerprint density at radius 2 is 2.14 bits per heavy atom. The van der Waals surface area contributed by atoms with Crippen LogP contribution in [-0.2, 0) is 19.1 Å². The Labute approximate surface area is 82.6 Å². The fourth-order valence-electron chi connectivity index (χ4n) is 2.06. The van der Waals surface area contributed by atoms with Crippen LogP contribution in [0, 0.1) is 5.92 Å². The normalized spacial score (nSPS) is 35.4. The van der Waals surface area contributed by atoms with Crippen molar-refractivity contribution in [2.24, 2.45) is 5.92 Å². The highest BCUT2D eigenvalue weighted by atomic mass is 16.6. The van der Waals surface area contributed by atoms with Crippen molar-refractivity contribution < 1.29 is 19.1 Å². The number of rotatable bonds is 3. The van der Waals surface area contributed by atoms with Crippen LogP contribution in [0.4, 0.5) is 0 Å². The maximum atomic E-state index is 11.3. The lowest BCUT2D eigenvalue weighted by Gasteiger charge is -2.14. The molecule has 2 aliphatic heterocycles. The minimum Gasteiger partial charge on any atom is -0.458 e. The van der Waals surface area contributed by atoms with Gasteiger partial charge in [0.05, 0.1) is 6.42 Å². The van der Waals surface area contributed by atoms with Gasteiger partial charge < -0.3 is 9.47 Å². The second kappa shape index (κ2) is 3.59. The molecule has 0 spiro atoms. The molecule has 0 radical (unpaired) electrons. The van der Waals surface area contributed by atoms with E-state index in [1.54, 1.807) is 0 Å². The maximum Gasteiger partial charge on any atom is 0.313 e. The summed E-state index contributed by atoms with van der Waals surface area (Å²) in [6.07, 6.45) is 2.56. The van der Waals surface area contributed by atoms with Crippen LogP contribution in [0.15, 0.2) is 0 Å². The van der Waals surface area contributed by atoms with Crippen molar-refractivity contribution in [1.82, 2.24) is 0 Å². The molecule has 0 N–H and O–H groups in total. The first kappa shape index (κ1) is 9.49. The van der Waals surface area contributed by atoms with Crippen LogP contribution < -0.4 is 0 Å². The van der Waals surface area contributed by atoms with Crippen molar-refractivity contribution in [2.45, 2.75) is 44.8 Å². The highest BCUT2D eigenvalue weighted by Gasteiger charge is 2.52. The largest absolute Gasteiger partial charge is 0.458 e. The van der Waals surface area contributed by atoms with Crippen LogP contribution >= 0.6 is 0 Å². The minimum absolute atomic E-state index is 0.195. The number of hydrogen-bond donors (Lipinski definition) is 0. The van der Waals surface area contributed by atoms with Crippen LogP contribution in [0.3, 0.4) is 0 Å². The molecule has 4 nitrogen and oxygen atoms in total. The van der Waals surface area contributed by atoms with E-state index in [-0.39, 0.29) is 36.5 Å². The summed E-state index contributed by atoms with van der Waals surface area (Å²) in [5.41, 5.74) is 0. The molecule has 0 aromatic heterocycles. The molecule has 0 unspecified atom stereocenters. The molecule has 78 valence electrons. The second-order valence-electron chi connectivity index (χ2n) is 3.88. The molecule has 4 heteroatoms. The van der Waals surface area contributed by atoms with Crippen molar-refractivity contribution in [1.29, 1.82) is 0 Å². The van der Waals surface area contributed by atoms with Gasteiger partial charge in [0, 0.05) is 0 Å². The number of unbranched alkanes of at least 4 members (excludes halogenated alkanes) is 1. The third kappa shape index (κ3) is 1.49. The molecule has 2 heterocycles. The fourth-order valence-corrected chi connectivity index (χ4v) is 2.06. The van der Waals surface area contributed by atoms with E-state index in [2.05, 4.69) is 6.92 Å². The summed E-state index contributed by atoms with van der Waals surface area (Å²) in [4.78, 5) is 22.3. The van der Waals surface area contributed by atoms with Crippen LogP contribution in [-0.4, -0.2) is 24.1 Å². The summed E-state index contributed by atoms with van der Waals surface area (Å²) in [6.45, 7) is 2.08. The van der Waals surface area contributed by atoms with E-state index in [4.69, 9.17) is 9.47 Å². The number of carbonyl (C=O) groups is 2. The van der Waals surface area contributed by atoms with Gasteiger partial charge in [-0.05, 0) is 12.8 Å². The third-order valence-electron chi connectivity index (χ3n) is 2.83. The van der Waals surface area contributed by atoms with Crippen molar-refractivity contribution in [3.05, 3.63) is 0 Å². The molecule has 14 heavy (non-hydrogen) atoms. The van der Waals surface area contributed by atoms with Crippen LogP contribution in [0.2, 0.25) is 0 Å². The smallest absolute Gasteiger partial charge is 0.313 e. The fraction of sp³-hybridized carbons (Fsp3) is 0.800. The molecule has 0 bridgehead atoms. The molecule has 2 saturated heterocycles. The van der Waals surface area contributed by atoms with Gasteiger partial charge in [0.2, 0.25) is 0 Å². The minimum atomic E-state index is -0.329. The average molecular weight is 198 g/mol. The molecule has 0 aromatic carbocycles. The van der Waals surface area contributed by atoms with Crippen molar-refractivity contribution in [3.63, 3.8) is 0 Å². The standard InChI is InChI=1S/C10H14O4/c1-2-3-4-7-9-6(10(12)13-7)5-8(11)14-9/h6-7,9H,2-5H2,1H3/t6-,7+,9+/m1/s1. The van der Waals surface area contributed by atoms with E-state index in [0.717, 1.165) is 19.3 Å². The summed E-state index contributed by atoms with van der Waals surface area (Å²) in [5.74, 6) is -0.857. The number of hydrogen-bond acceptors (Lipinski definition) is 4. The Kier molecular flexibility index (Phi) is 2.44. The molecule has 3 atom stereocenters. The molecule has 0 aromatic rings. The van der Waals surface area contributed by atoms with E-state index in [0.29, 0.717) is 0 Å². The van der Waals surface area contributed by atoms with Gasteiger partial charge in [-0.25, -0.2) is 0 Å². The Balaban J connectivity index is 2.00. The number of carbonyl (C=O) groups excluding carboxylic acids is 2. The topological polar surface area (TPSA) is 52.6 Å². The zero-order chi connectivity index (χ0) is 10.1. The monoisotopic (exact) mass is 198 g/mol. The molecular weight excluding hydrogens is 184 g/mol. The highest BCUT2D eigenvalue weighted by Crippen LogP contribution is 2.35. The first-order valence-electron chi connectivity index (χ1n) is 5.12. The number of cyclic esters (lactones) is 1. The lowest BCUT2D eigenvalue weighted by molar-refractivity contribution is -0.152. The Morgan fingerprint density at radius 3 is 2.86 bits per heavy atom. The van der Waals surface area contributed by atoms with Gasteiger partial charge >= 0.3 is 11.9 Å². The van der Waals surface area contributed by atoms with Gasteiger partial charge in [-0.1, -0.05) is 13.3 Å². The maximum absolute atomic E-state index is 11.3. The van der Waals surface area contributed by atoms with Gasteiger partial charge in [0.1, 0.15) is 12.0 Å². The Bertz CT molecular complexity index is 261. The first-order valence-corrected chi connectivity index (χ1v) is 5.12. The average Bonchev–Trinajstić information content (AvgIpc) is 2.64. The number of ether oxygens (including phenoxy) is 2. The van der Waals surface area contributed by atoms with E-state index in [9.17, 15) is 9.59 Å². The Morgan fingerprint density at radius 1 is 1.36 bits per heavy atom. The quantitative estimate of drug-likeness (QED) is 0.636.